The van der Waals surface area contributed by atoms with Gasteiger partial charge in [-0.25, -0.2) is 4.39 Å². The molecule has 3 N–H and O–H groups in total. The predicted molar refractivity (Wildman–Crippen MR) is 69.1 cm³/mol. The number of hydrogen-bond acceptors (Lipinski definition) is 4. The molecule has 1 rings (SSSR count). The number of rotatable bonds is 3. The van der Waals surface area contributed by atoms with Crippen molar-refractivity contribution in [2.24, 2.45) is 11.1 Å². The molecule has 0 aromatic heterocycles. The molecule has 0 bridgehead atoms. The molecule has 0 saturated heterocycles. The maximum absolute atomic E-state index is 13.1. The Kier molecular flexibility index (Phi) is 4.21. The fraction of sp³-hybridized carbons (Fsp3) is 0.417. The largest absolute Gasteiger partial charge is 0.319 e. The van der Waals surface area contributed by atoms with Crippen LogP contribution in [0.2, 0.25) is 0 Å². The van der Waals surface area contributed by atoms with Gasteiger partial charge in [0.1, 0.15) is 11.5 Å². The van der Waals surface area contributed by atoms with Crippen LogP contribution >= 0.6 is 0 Å². The first-order valence-electron chi connectivity index (χ1n) is 5.63. The van der Waals surface area contributed by atoms with Gasteiger partial charge in [0, 0.05) is 12.1 Å². The van der Waals surface area contributed by atoms with Crippen LogP contribution in [-0.4, -0.2) is 16.9 Å². The number of anilines is 1. The summed E-state index contributed by atoms with van der Waals surface area (Å²) in [5.74, 6) is -1.27. The van der Waals surface area contributed by atoms with Crippen LogP contribution in [0.25, 0.3) is 0 Å². The van der Waals surface area contributed by atoms with E-state index in [1.54, 1.807) is 20.8 Å². The second-order valence-electron chi connectivity index (χ2n) is 5.25. The number of nitro benzene ring substituents is 1. The third kappa shape index (κ3) is 3.72. The first-order valence-corrected chi connectivity index (χ1v) is 5.63. The number of hydrogen-bond donors (Lipinski definition) is 2. The molecule has 1 aromatic rings. The summed E-state index contributed by atoms with van der Waals surface area (Å²) in [5, 5.41) is 13.1. The van der Waals surface area contributed by atoms with Crippen molar-refractivity contribution in [2.45, 2.75) is 26.8 Å². The molecular weight excluding hydrogens is 253 g/mol. The SMILES string of the molecule is CC(C)(C)[C@H](N)C(=O)Nc1cc(F)ccc1[N+](=O)[O-]. The minimum atomic E-state index is -0.865. The first-order chi connectivity index (χ1) is 8.62. The number of halogens is 1. The molecule has 104 valence electrons. The summed E-state index contributed by atoms with van der Waals surface area (Å²) >= 11 is 0. The number of nitrogens with zero attached hydrogens (tertiary/aromatic N) is 1. The molecule has 6 nitrogen and oxygen atoms in total. The van der Waals surface area contributed by atoms with Crippen molar-refractivity contribution in [3.63, 3.8) is 0 Å². The van der Waals surface area contributed by atoms with Gasteiger partial charge in [0.15, 0.2) is 0 Å². The number of nitrogens with one attached hydrogen (secondary N) is 1. The molecule has 0 aliphatic heterocycles. The Morgan fingerprint density at radius 1 is 1.47 bits per heavy atom. The third-order valence-electron chi connectivity index (χ3n) is 2.63. The van der Waals surface area contributed by atoms with Crippen molar-refractivity contribution in [1.82, 2.24) is 0 Å². The fourth-order valence-corrected chi connectivity index (χ4v) is 1.37. The summed E-state index contributed by atoms with van der Waals surface area (Å²) in [6.45, 7) is 5.28. The van der Waals surface area contributed by atoms with Crippen LogP contribution < -0.4 is 11.1 Å². The molecular formula is C12H16FN3O3. The van der Waals surface area contributed by atoms with Crippen LogP contribution in [0.5, 0.6) is 0 Å². The average Bonchev–Trinajstić information content (AvgIpc) is 2.26. The Labute approximate surface area is 109 Å². The highest BCUT2D eigenvalue weighted by Crippen LogP contribution is 2.26. The van der Waals surface area contributed by atoms with Crippen molar-refractivity contribution in [2.75, 3.05) is 5.32 Å². The average molecular weight is 269 g/mol. The van der Waals surface area contributed by atoms with Gasteiger partial charge in [-0.1, -0.05) is 20.8 Å². The number of carbonyl (C=O) groups is 1. The van der Waals surface area contributed by atoms with Crippen LogP contribution in [0.1, 0.15) is 20.8 Å². The molecule has 1 amide bonds. The lowest BCUT2D eigenvalue weighted by molar-refractivity contribution is -0.384. The van der Waals surface area contributed by atoms with Crippen molar-refractivity contribution in [3.8, 4) is 0 Å². The van der Waals surface area contributed by atoms with Gasteiger partial charge in [-0.05, 0) is 11.5 Å². The quantitative estimate of drug-likeness (QED) is 0.648. The number of benzene rings is 1. The van der Waals surface area contributed by atoms with E-state index in [1.165, 1.54) is 0 Å². The van der Waals surface area contributed by atoms with E-state index in [0.717, 1.165) is 18.2 Å². The number of carbonyl (C=O) groups excluding carboxylic acids is 1. The lowest BCUT2D eigenvalue weighted by Crippen LogP contribution is -2.45. The van der Waals surface area contributed by atoms with Gasteiger partial charge >= 0.3 is 0 Å². The summed E-state index contributed by atoms with van der Waals surface area (Å²) in [6.07, 6.45) is 0. The van der Waals surface area contributed by atoms with E-state index < -0.39 is 28.1 Å². The smallest absolute Gasteiger partial charge is 0.292 e. The predicted octanol–water partition coefficient (Wildman–Crippen LogP) is 2.05. The highest BCUT2D eigenvalue weighted by atomic mass is 19.1. The Morgan fingerprint density at radius 3 is 2.53 bits per heavy atom. The van der Waals surface area contributed by atoms with E-state index in [4.69, 9.17) is 5.73 Å². The molecule has 1 aromatic carbocycles. The maximum atomic E-state index is 13.1. The molecule has 0 fully saturated rings. The highest BCUT2D eigenvalue weighted by molar-refractivity contribution is 5.97. The molecule has 0 spiro atoms. The van der Waals surface area contributed by atoms with E-state index in [9.17, 15) is 19.3 Å². The summed E-state index contributed by atoms with van der Waals surface area (Å²) in [7, 11) is 0. The molecule has 0 aliphatic rings. The lowest BCUT2D eigenvalue weighted by Gasteiger charge is -2.25. The summed E-state index contributed by atoms with van der Waals surface area (Å²) in [6, 6.07) is 1.98. The van der Waals surface area contributed by atoms with Crippen molar-refractivity contribution < 1.29 is 14.1 Å². The highest BCUT2D eigenvalue weighted by Gasteiger charge is 2.29. The van der Waals surface area contributed by atoms with E-state index in [2.05, 4.69) is 5.32 Å². The zero-order valence-corrected chi connectivity index (χ0v) is 10.9. The molecule has 1 atom stereocenters. The van der Waals surface area contributed by atoms with E-state index in [1.807, 2.05) is 0 Å². The summed E-state index contributed by atoms with van der Waals surface area (Å²) < 4.78 is 13.1. The lowest BCUT2D eigenvalue weighted by atomic mass is 9.87. The van der Waals surface area contributed by atoms with Gasteiger partial charge in [-0.15, -0.1) is 0 Å². The standard InChI is InChI=1S/C12H16FN3O3/c1-12(2,3)10(14)11(17)15-8-6-7(13)4-5-9(8)16(18)19/h4-6,10H,14H2,1-3H3,(H,15,17)/t10-/m1/s1. The minimum absolute atomic E-state index is 0.199. The van der Waals surface area contributed by atoms with E-state index in [0.29, 0.717) is 0 Å². The van der Waals surface area contributed by atoms with Crippen molar-refractivity contribution in [3.05, 3.63) is 34.1 Å². The van der Waals surface area contributed by atoms with Crippen molar-refractivity contribution >= 4 is 17.3 Å². The second-order valence-corrected chi connectivity index (χ2v) is 5.25. The van der Waals surface area contributed by atoms with Crippen LogP contribution in [-0.2, 0) is 4.79 Å². The zero-order valence-electron chi connectivity index (χ0n) is 10.9. The van der Waals surface area contributed by atoms with Gasteiger partial charge in [-0.3, -0.25) is 14.9 Å². The summed E-state index contributed by atoms with van der Waals surface area (Å²) in [4.78, 5) is 21.9. The number of nitrogens with two attached hydrogens (primary N) is 1. The van der Waals surface area contributed by atoms with Crippen LogP contribution in [0.3, 0.4) is 0 Å². The molecule has 0 aliphatic carbocycles. The molecule has 0 heterocycles. The normalized spacial score (nSPS) is 12.9. The molecule has 0 saturated carbocycles. The fourth-order valence-electron chi connectivity index (χ4n) is 1.37. The zero-order chi connectivity index (χ0) is 14.8. The number of amides is 1. The second kappa shape index (κ2) is 5.31. The maximum Gasteiger partial charge on any atom is 0.292 e. The van der Waals surface area contributed by atoms with Gasteiger partial charge in [-0.2, -0.15) is 0 Å². The Morgan fingerprint density at radius 2 is 2.05 bits per heavy atom. The van der Waals surface area contributed by atoms with E-state index in [-0.39, 0.29) is 11.4 Å². The molecule has 7 heteroatoms. The molecule has 0 unspecified atom stereocenters. The minimum Gasteiger partial charge on any atom is -0.319 e. The van der Waals surface area contributed by atoms with Crippen LogP contribution in [0, 0.1) is 21.3 Å². The van der Waals surface area contributed by atoms with Gasteiger partial charge in [0.05, 0.1) is 11.0 Å². The Hall–Kier alpha value is -2.02. The Balaban J connectivity index is 3.02. The Bertz CT molecular complexity index is 511. The monoisotopic (exact) mass is 269 g/mol. The van der Waals surface area contributed by atoms with Gasteiger partial charge < -0.3 is 11.1 Å². The van der Waals surface area contributed by atoms with Crippen LogP contribution in [0.4, 0.5) is 15.8 Å². The topological polar surface area (TPSA) is 98.3 Å². The van der Waals surface area contributed by atoms with E-state index >= 15 is 0 Å². The molecule has 19 heavy (non-hydrogen) atoms. The van der Waals surface area contributed by atoms with Gasteiger partial charge in [0.2, 0.25) is 5.91 Å². The van der Waals surface area contributed by atoms with Crippen LogP contribution in [0.15, 0.2) is 18.2 Å². The molecule has 0 radical (unpaired) electrons. The number of nitro groups is 1. The summed E-state index contributed by atoms with van der Waals surface area (Å²) in [5.41, 5.74) is 4.64. The van der Waals surface area contributed by atoms with Gasteiger partial charge in [0.25, 0.3) is 5.69 Å². The van der Waals surface area contributed by atoms with Crippen molar-refractivity contribution in [1.29, 1.82) is 0 Å². The third-order valence-corrected chi connectivity index (χ3v) is 2.63. The first kappa shape index (κ1) is 15.0.